The largest absolute Gasteiger partial charge is 0.505 e. The summed E-state index contributed by atoms with van der Waals surface area (Å²) < 4.78 is 0. The minimum absolute atomic E-state index is 0.167. The number of rotatable bonds is 7. The molecule has 0 unspecified atom stereocenters. The van der Waals surface area contributed by atoms with Crippen LogP contribution in [0.1, 0.15) is 27.3 Å². The number of nitrogens with zero attached hydrogens (tertiary/aromatic N) is 2. The van der Waals surface area contributed by atoms with Gasteiger partial charge in [0.1, 0.15) is 11.4 Å². The number of H-pyrrole nitrogens is 1. The predicted octanol–water partition coefficient (Wildman–Crippen LogP) is 1.73. The van der Waals surface area contributed by atoms with E-state index in [9.17, 15) is 14.7 Å². The number of aromatic amines is 1. The van der Waals surface area contributed by atoms with E-state index < -0.39 is 0 Å². The number of nitrogens with one attached hydrogen (secondary N) is 3. The van der Waals surface area contributed by atoms with Crippen LogP contribution in [0.2, 0.25) is 0 Å². The lowest BCUT2D eigenvalue weighted by molar-refractivity contribution is 0.0947. The van der Waals surface area contributed by atoms with Gasteiger partial charge < -0.3 is 15.7 Å². The molecule has 0 aliphatic heterocycles. The summed E-state index contributed by atoms with van der Waals surface area (Å²) in [4.78, 5) is 27.8. The van der Waals surface area contributed by atoms with Crippen LogP contribution < -0.4 is 10.6 Å². The normalized spacial score (nSPS) is 10.4. The van der Waals surface area contributed by atoms with Crippen molar-refractivity contribution < 1.29 is 14.7 Å². The number of carbonyl (C=O) groups is 2. The number of aromatic nitrogens is 3. The van der Waals surface area contributed by atoms with Gasteiger partial charge in [-0.05, 0) is 18.6 Å². The highest BCUT2D eigenvalue weighted by Gasteiger charge is 2.11. The van der Waals surface area contributed by atoms with Crippen molar-refractivity contribution in [2.24, 2.45) is 0 Å². The number of amides is 2. The van der Waals surface area contributed by atoms with E-state index >= 15 is 0 Å². The SMILES string of the molecule is O=C(NCCCNC(=O)c1ccncc1O)c1cc(-c2ccccc2)n[nH]1. The minimum atomic E-state index is -0.387. The van der Waals surface area contributed by atoms with Crippen LogP contribution >= 0.6 is 0 Å². The number of pyridine rings is 1. The van der Waals surface area contributed by atoms with Gasteiger partial charge in [0.05, 0.1) is 17.5 Å². The van der Waals surface area contributed by atoms with Gasteiger partial charge in [0.15, 0.2) is 0 Å². The summed E-state index contributed by atoms with van der Waals surface area (Å²) in [7, 11) is 0. The average Bonchev–Trinajstić information content (AvgIpc) is 3.19. The smallest absolute Gasteiger partial charge is 0.269 e. The first-order valence-corrected chi connectivity index (χ1v) is 8.45. The van der Waals surface area contributed by atoms with Gasteiger partial charge in [0.2, 0.25) is 0 Å². The molecule has 8 nitrogen and oxygen atoms in total. The Kier molecular flexibility index (Phi) is 5.78. The van der Waals surface area contributed by atoms with Crippen molar-refractivity contribution >= 4 is 11.8 Å². The first kappa shape index (κ1) is 18.1. The van der Waals surface area contributed by atoms with Crippen LogP contribution in [-0.2, 0) is 0 Å². The molecular weight excluding hydrogens is 346 g/mol. The number of hydrogen-bond acceptors (Lipinski definition) is 5. The van der Waals surface area contributed by atoms with E-state index in [1.165, 1.54) is 18.5 Å². The molecule has 0 spiro atoms. The topological polar surface area (TPSA) is 120 Å². The molecule has 0 fully saturated rings. The first-order chi connectivity index (χ1) is 13.1. The molecule has 138 valence electrons. The average molecular weight is 365 g/mol. The Bertz CT molecular complexity index is 924. The van der Waals surface area contributed by atoms with E-state index in [1.807, 2.05) is 30.3 Å². The second-order valence-electron chi connectivity index (χ2n) is 5.79. The van der Waals surface area contributed by atoms with Crippen molar-refractivity contribution in [2.45, 2.75) is 6.42 Å². The Labute approximate surface area is 155 Å². The fourth-order valence-electron chi connectivity index (χ4n) is 2.46. The van der Waals surface area contributed by atoms with Crippen molar-refractivity contribution in [3.63, 3.8) is 0 Å². The van der Waals surface area contributed by atoms with Crippen LogP contribution in [0.4, 0.5) is 0 Å². The predicted molar refractivity (Wildman–Crippen MR) is 99.2 cm³/mol. The van der Waals surface area contributed by atoms with Crippen LogP contribution in [-0.4, -0.2) is 45.2 Å². The summed E-state index contributed by atoms with van der Waals surface area (Å²) >= 11 is 0. The maximum Gasteiger partial charge on any atom is 0.269 e. The Hall–Kier alpha value is -3.68. The summed E-state index contributed by atoms with van der Waals surface area (Å²) in [6.45, 7) is 0.750. The number of aromatic hydroxyl groups is 1. The molecule has 2 amide bonds. The van der Waals surface area contributed by atoms with E-state index in [0.29, 0.717) is 30.9 Å². The Morgan fingerprint density at radius 2 is 1.78 bits per heavy atom. The minimum Gasteiger partial charge on any atom is -0.505 e. The molecule has 0 aliphatic carbocycles. The fourth-order valence-corrected chi connectivity index (χ4v) is 2.46. The van der Waals surface area contributed by atoms with Crippen molar-refractivity contribution in [1.29, 1.82) is 0 Å². The zero-order valence-electron chi connectivity index (χ0n) is 14.5. The summed E-state index contributed by atoms with van der Waals surface area (Å²) in [6.07, 6.45) is 3.19. The summed E-state index contributed by atoms with van der Waals surface area (Å²) in [5.41, 5.74) is 2.17. The maximum absolute atomic E-state index is 12.1. The molecule has 0 atom stereocenters. The monoisotopic (exact) mass is 365 g/mol. The standard InChI is InChI=1S/C19H19N5O3/c25-17-12-20-10-7-14(17)18(26)21-8-4-9-22-19(27)16-11-15(23-24-16)13-5-2-1-3-6-13/h1-3,5-7,10-12,25H,4,8-9H2,(H,21,26)(H,22,27)(H,23,24). The lowest BCUT2D eigenvalue weighted by Gasteiger charge is -2.07. The molecule has 3 rings (SSSR count). The molecule has 0 bridgehead atoms. The molecule has 27 heavy (non-hydrogen) atoms. The third-order valence-electron chi connectivity index (χ3n) is 3.86. The van der Waals surface area contributed by atoms with Crippen LogP contribution in [0, 0.1) is 0 Å². The molecule has 0 aliphatic rings. The lowest BCUT2D eigenvalue weighted by Crippen LogP contribution is -2.30. The van der Waals surface area contributed by atoms with Gasteiger partial charge in [-0.15, -0.1) is 0 Å². The Morgan fingerprint density at radius 1 is 1.04 bits per heavy atom. The number of hydrogen-bond donors (Lipinski definition) is 4. The molecule has 8 heteroatoms. The molecule has 0 saturated carbocycles. The third kappa shape index (κ3) is 4.69. The van der Waals surface area contributed by atoms with Gasteiger partial charge in [0, 0.05) is 24.8 Å². The van der Waals surface area contributed by atoms with Gasteiger partial charge in [-0.3, -0.25) is 19.7 Å². The molecular formula is C19H19N5O3. The molecule has 3 aromatic rings. The van der Waals surface area contributed by atoms with Crippen molar-refractivity contribution in [3.8, 4) is 17.0 Å². The zero-order chi connectivity index (χ0) is 19.1. The quantitative estimate of drug-likeness (QED) is 0.475. The van der Waals surface area contributed by atoms with Crippen molar-refractivity contribution in [2.75, 3.05) is 13.1 Å². The fraction of sp³-hybridized carbons (Fsp3) is 0.158. The van der Waals surface area contributed by atoms with Gasteiger partial charge in [0.25, 0.3) is 11.8 Å². The molecule has 2 heterocycles. The Balaban J connectivity index is 1.42. The second-order valence-corrected chi connectivity index (χ2v) is 5.79. The summed E-state index contributed by atoms with van der Waals surface area (Å²) in [5.74, 6) is -0.818. The van der Waals surface area contributed by atoms with Crippen LogP contribution in [0.15, 0.2) is 54.9 Å². The first-order valence-electron chi connectivity index (χ1n) is 8.45. The number of benzene rings is 1. The van der Waals surface area contributed by atoms with E-state index in [-0.39, 0.29) is 23.1 Å². The molecule has 1 aromatic carbocycles. The zero-order valence-corrected chi connectivity index (χ0v) is 14.5. The van der Waals surface area contributed by atoms with E-state index in [2.05, 4.69) is 25.8 Å². The van der Waals surface area contributed by atoms with Gasteiger partial charge in [-0.25, -0.2) is 0 Å². The van der Waals surface area contributed by atoms with Crippen LogP contribution in [0.3, 0.4) is 0 Å². The summed E-state index contributed by atoms with van der Waals surface area (Å²) in [5, 5.41) is 21.9. The van der Waals surface area contributed by atoms with Gasteiger partial charge >= 0.3 is 0 Å². The molecule has 2 aromatic heterocycles. The maximum atomic E-state index is 12.1. The van der Waals surface area contributed by atoms with Crippen molar-refractivity contribution in [1.82, 2.24) is 25.8 Å². The van der Waals surface area contributed by atoms with E-state index in [4.69, 9.17) is 0 Å². The number of carbonyl (C=O) groups excluding carboxylic acids is 2. The summed E-state index contributed by atoms with van der Waals surface area (Å²) in [6, 6.07) is 12.7. The van der Waals surface area contributed by atoms with Crippen molar-refractivity contribution in [3.05, 3.63) is 66.1 Å². The Morgan fingerprint density at radius 3 is 2.52 bits per heavy atom. The lowest BCUT2D eigenvalue weighted by atomic mass is 10.1. The highest BCUT2D eigenvalue weighted by Crippen LogP contribution is 2.16. The molecule has 0 radical (unpaired) electrons. The second kappa shape index (κ2) is 8.61. The van der Waals surface area contributed by atoms with E-state index in [1.54, 1.807) is 6.07 Å². The van der Waals surface area contributed by atoms with E-state index in [0.717, 1.165) is 5.56 Å². The highest BCUT2D eigenvalue weighted by atomic mass is 16.3. The highest BCUT2D eigenvalue weighted by molar-refractivity contribution is 5.96. The third-order valence-corrected chi connectivity index (χ3v) is 3.86. The molecule has 4 N–H and O–H groups in total. The molecule has 0 saturated heterocycles. The van der Waals surface area contributed by atoms with Gasteiger partial charge in [-0.1, -0.05) is 30.3 Å². The van der Waals surface area contributed by atoms with Gasteiger partial charge in [-0.2, -0.15) is 5.10 Å². The van der Waals surface area contributed by atoms with Crippen LogP contribution in [0.5, 0.6) is 5.75 Å². The van der Waals surface area contributed by atoms with Crippen LogP contribution in [0.25, 0.3) is 11.3 Å².